The van der Waals surface area contributed by atoms with Crippen LogP contribution in [0.1, 0.15) is 40.2 Å². The summed E-state index contributed by atoms with van der Waals surface area (Å²) in [5.41, 5.74) is 8.36. The van der Waals surface area contributed by atoms with Crippen LogP contribution in [0.25, 0.3) is 0 Å². The third kappa shape index (κ3) is 3.42. The molecule has 1 fully saturated rings. The zero-order valence-electron chi connectivity index (χ0n) is 13.1. The Bertz CT molecular complexity index is 740. The second-order valence-corrected chi connectivity index (χ2v) is 6.13. The molecule has 0 saturated heterocycles. The second kappa shape index (κ2) is 6.24. The highest BCUT2D eigenvalue weighted by Crippen LogP contribution is 2.49. The Kier molecular flexibility index (Phi) is 4.15. The van der Waals surface area contributed by atoms with Crippen molar-refractivity contribution in [2.75, 3.05) is 5.32 Å². The third-order valence-corrected chi connectivity index (χ3v) is 4.39. The molecular weight excluding hydrogens is 288 g/mol. The van der Waals surface area contributed by atoms with Gasteiger partial charge in [0.2, 0.25) is 5.91 Å². The Morgan fingerprint density at radius 1 is 1.13 bits per heavy atom. The standard InChI is InChI=1S/C19H20N2O2/c1-12-6-5-9-16(18(12)19(20)23)21-17(22)11-14-10-15(14)13-7-3-2-4-8-13/h2-9,14-15H,10-11H2,1H3,(H2,20,23)(H,21,22)/t14-,15-/m0/s1. The molecule has 4 heteroatoms. The molecule has 1 saturated carbocycles. The molecule has 0 aliphatic heterocycles. The van der Waals surface area contributed by atoms with Crippen molar-refractivity contribution in [3.05, 3.63) is 65.2 Å². The number of carbonyl (C=O) groups excluding carboxylic acids is 2. The number of hydrogen-bond acceptors (Lipinski definition) is 2. The van der Waals surface area contributed by atoms with E-state index in [4.69, 9.17) is 5.73 Å². The van der Waals surface area contributed by atoms with Crippen molar-refractivity contribution in [1.29, 1.82) is 0 Å². The van der Waals surface area contributed by atoms with Gasteiger partial charge in [0.25, 0.3) is 5.91 Å². The average molecular weight is 308 g/mol. The van der Waals surface area contributed by atoms with Crippen molar-refractivity contribution in [2.45, 2.75) is 25.7 Å². The van der Waals surface area contributed by atoms with Gasteiger partial charge in [0, 0.05) is 6.42 Å². The molecule has 4 nitrogen and oxygen atoms in total. The average Bonchev–Trinajstić information content (AvgIpc) is 3.26. The van der Waals surface area contributed by atoms with Crippen LogP contribution in [0, 0.1) is 12.8 Å². The number of amides is 2. The predicted molar refractivity (Wildman–Crippen MR) is 90.2 cm³/mol. The number of nitrogens with two attached hydrogens (primary N) is 1. The van der Waals surface area contributed by atoms with Crippen LogP contribution >= 0.6 is 0 Å². The van der Waals surface area contributed by atoms with Crippen molar-refractivity contribution in [3.63, 3.8) is 0 Å². The molecule has 0 aromatic heterocycles. The summed E-state index contributed by atoms with van der Waals surface area (Å²) >= 11 is 0. The summed E-state index contributed by atoms with van der Waals surface area (Å²) in [6.45, 7) is 1.81. The van der Waals surface area contributed by atoms with Gasteiger partial charge in [0.05, 0.1) is 11.3 Å². The van der Waals surface area contributed by atoms with E-state index in [1.807, 2.05) is 31.2 Å². The van der Waals surface area contributed by atoms with Crippen LogP contribution in [0.15, 0.2) is 48.5 Å². The van der Waals surface area contributed by atoms with E-state index in [0.29, 0.717) is 29.5 Å². The molecule has 0 unspecified atom stereocenters. The van der Waals surface area contributed by atoms with Gasteiger partial charge in [0.1, 0.15) is 0 Å². The Hall–Kier alpha value is -2.62. The number of anilines is 1. The summed E-state index contributed by atoms with van der Waals surface area (Å²) in [7, 11) is 0. The van der Waals surface area contributed by atoms with E-state index in [-0.39, 0.29) is 5.91 Å². The van der Waals surface area contributed by atoms with Gasteiger partial charge in [-0.15, -0.1) is 0 Å². The quantitative estimate of drug-likeness (QED) is 0.890. The zero-order valence-corrected chi connectivity index (χ0v) is 13.1. The highest BCUT2D eigenvalue weighted by atomic mass is 16.2. The number of nitrogens with one attached hydrogen (secondary N) is 1. The Morgan fingerprint density at radius 2 is 1.87 bits per heavy atom. The second-order valence-electron chi connectivity index (χ2n) is 6.13. The van der Waals surface area contributed by atoms with E-state index in [2.05, 4.69) is 17.4 Å². The fraction of sp³-hybridized carbons (Fsp3) is 0.263. The summed E-state index contributed by atoms with van der Waals surface area (Å²) in [5.74, 6) is 0.253. The van der Waals surface area contributed by atoms with Crippen LogP contribution in [0.2, 0.25) is 0 Å². The van der Waals surface area contributed by atoms with Crippen molar-refractivity contribution in [1.82, 2.24) is 0 Å². The van der Waals surface area contributed by atoms with Gasteiger partial charge < -0.3 is 11.1 Å². The lowest BCUT2D eigenvalue weighted by molar-refractivity contribution is -0.116. The molecule has 23 heavy (non-hydrogen) atoms. The van der Waals surface area contributed by atoms with E-state index in [9.17, 15) is 9.59 Å². The minimum absolute atomic E-state index is 0.0680. The van der Waals surface area contributed by atoms with Crippen LogP contribution in [0.5, 0.6) is 0 Å². The number of hydrogen-bond donors (Lipinski definition) is 2. The highest BCUT2D eigenvalue weighted by molar-refractivity contribution is 6.04. The fourth-order valence-corrected chi connectivity index (χ4v) is 3.12. The van der Waals surface area contributed by atoms with Gasteiger partial charge in [-0.1, -0.05) is 42.5 Å². The van der Waals surface area contributed by atoms with Crippen molar-refractivity contribution >= 4 is 17.5 Å². The molecule has 0 bridgehead atoms. The van der Waals surface area contributed by atoms with Crippen LogP contribution < -0.4 is 11.1 Å². The van der Waals surface area contributed by atoms with E-state index >= 15 is 0 Å². The number of rotatable bonds is 5. The molecule has 1 aliphatic rings. The number of primary amides is 1. The minimum atomic E-state index is -0.521. The van der Waals surface area contributed by atoms with E-state index in [1.54, 1.807) is 12.1 Å². The first-order valence-electron chi connectivity index (χ1n) is 7.80. The van der Waals surface area contributed by atoms with Crippen LogP contribution in [-0.4, -0.2) is 11.8 Å². The molecule has 2 aromatic rings. The summed E-state index contributed by atoms with van der Waals surface area (Å²) in [4.78, 5) is 23.8. The first-order valence-corrected chi connectivity index (χ1v) is 7.80. The van der Waals surface area contributed by atoms with Crippen LogP contribution in [0.3, 0.4) is 0 Å². The molecule has 0 radical (unpaired) electrons. The van der Waals surface area contributed by atoms with Crippen LogP contribution in [0.4, 0.5) is 5.69 Å². The molecule has 2 amide bonds. The van der Waals surface area contributed by atoms with Gasteiger partial charge in [0.15, 0.2) is 0 Å². The lowest BCUT2D eigenvalue weighted by Gasteiger charge is -2.11. The van der Waals surface area contributed by atoms with E-state index in [0.717, 1.165) is 12.0 Å². The predicted octanol–water partition coefficient (Wildman–Crippen LogP) is 3.23. The van der Waals surface area contributed by atoms with E-state index in [1.165, 1.54) is 5.56 Å². The third-order valence-electron chi connectivity index (χ3n) is 4.39. The summed E-state index contributed by atoms with van der Waals surface area (Å²) in [6.07, 6.45) is 1.50. The Labute approximate surface area is 135 Å². The Morgan fingerprint density at radius 3 is 2.57 bits per heavy atom. The summed E-state index contributed by atoms with van der Waals surface area (Å²) in [5, 5.41) is 2.84. The molecule has 3 N–H and O–H groups in total. The topological polar surface area (TPSA) is 72.2 Å². The fourth-order valence-electron chi connectivity index (χ4n) is 3.12. The molecule has 2 atom stereocenters. The van der Waals surface area contributed by atoms with Gasteiger partial charge >= 0.3 is 0 Å². The molecule has 0 spiro atoms. The highest BCUT2D eigenvalue weighted by Gasteiger charge is 2.39. The molecule has 1 aliphatic carbocycles. The number of aryl methyl sites for hydroxylation is 1. The lowest BCUT2D eigenvalue weighted by atomic mass is 10.1. The van der Waals surface area contributed by atoms with Gasteiger partial charge in [-0.25, -0.2) is 0 Å². The number of benzene rings is 2. The van der Waals surface area contributed by atoms with Crippen LogP contribution in [-0.2, 0) is 4.79 Å². The maximum absolute atomic E-state index is 12.3. The van der Waals surface area contributed by atoms with Crippen molar-refractivity contribution in [3.8, 4) is 0 Å². The maximum atomic E-state index is 12.3. The first-order chi connectivity index (χ1) is 11.1. The Balaban J connectivity index is 1.63. The first kappa shape index (κ1) is 15.3. The monoisotopic (exact) mass is 308 g/mol. The zero-order chi connectivity index (χ0) is 16.4. The summed E-state index contributed by atoms with van der Waals surface area (Å²) in [6, 6.07) is 15.6. The van der Waals surface area contributed by atoms with Gasteiger partial charge in [-0.05, 0) is 42.4 Å². The largest absolute Gasteiger partial charge is 0.366 e. The normalized spacial score (nSPS) is 19.2. The SMILES string of the molecule is Cc1cccc(NC(=O)C[C@@H]2C[C@H]2c2ccccc2)c1C(N)=O. The number of carbonyl (C=O) groups is 2. The smallest absolute Gasteiger partial charge is 0.251 e. The molecule has 3 rings (SSSR count). The molecule has 2 aromatic carbocycles. The van der Waals surface area contributed by atoms with E-state index < -0.39 is 5.91 Å². The van der Waals surface area contributed by atoms with Gasteiger partial charge in [-0.2, -0.15) is 0 Å². The molecular formula is C19H20N2O2. The lowest BCUT2D eigenvalue weighted by Crippen LogP contribution is -2.19. The van der Waals surface area contributed by atoms with Gasteiger partial charge in [-0.3, -0.25) is 9.59 Å². The van der Waals surface area contributed by atoms with Crippen molar-refractivity contribution < 1.29 is 9.59 Å². The molecule has 118 valence electrons. The van der Waals surface area contributed by atoms with Crippen molar-refractivity contribution in [2.24, 2.45) is 11.7 Å². The molecule has 0 heterocycles. The summed E-state index contributed by atoms with van der Waals surface area (Å²) < 4.78 is 0. The minimum Gasteiger partial charge on any atom is -0.366 e. The maximum Gasteiger partial charge on any atom is 0.251 e.